The summed E-state index contributed by atoms with van der Waals surface area (Å²) >= 11 is 0. The molecule has 1 amide bonds. The molecular weight excluding hydrogens is 411 g/mol. The zero-order chi connectivity index (χ0) is 22.7. The molecule has 0 bridgehead atoms. The van der Waals surface area contributed by atoms with Crippen LogP contribution in [0.15, 0.2) is 41.5 Å². The van der Waals surface area contributed by atoms with E-state index in [-0.39, 0.29) is 17.8 Å². The Balaban J connectivity index is 1.58. The smallest absolute Gasteiger partial charge is 0.209 e. The van der Waals surface area contributed by atoms with E-state index in [1.165, 1.54) is 11.0 Å². The van der Waals surface area contributed by atoms with Crippen LogP contribution in [0.3, 0.4) is 0 Å². The monoisotopic (exact) mass is 438 g/mol. The van der Waals surface area contributed by atoms with Gasteiger partial charge in [0.25, 0.3) is 0 Å². The number of aryl methyl sites for hydroxylation is 1. The lowest BCUT2D eigenvalue weighted by Crippen LogP contribution is -2.23. The number of fused-ring (bicyclic) bond motifs is 1. The van der Waals surface area contributed by atoms with Crippen LogP contribution in [0.1, 0.15) is 35.7 Å². The van der Waals surface area contributed by atoms with Crippen LogP contribution in [0, 0.1) is 12.7 Å². The lowest BCUT2D eigenvalue weighted by molar-refractivity contribution is -0.117. The molecule has 168 valence electrons. The summed E-state index contributed by atoms with van der Waals surface area (Å²) in [5, 5.41) is 3.67. The van der Waals surface area contributed by atoms with Crippen LogP contribution < -0.4 is 15.5 Å². The van der Waals surface area contributed by atoms with Crippen molar-refractivity contribution in [3.63, 3.8) is 0 Å². The molecule has 8 heteroatoms. The van der Waals surface area contributed by atoms with Crippen LogP contribution in [0.25, 0.3) is 10.9 Å². The molecule has 3 aromatic rings. The van der Waals surface area contributed by atoms with Gasteiger partial charge in [-0.1, -0.05) is 0 Å². The van der Waals surface area contributed by atoms with E-state index in [1.807, 2.05) is 25.3 Å². The van der Waals surface area contributed by atoms with E-state index >= 15 is 0 Å². The molecule has 0 atom stereocenters. The Morgan fingerprint density at radius 2 is 2.12 bits per heavy atom. The number of carbonyl (C=O) groups is 1. The first-order chi connectivity index (χ1) is 15.5. The molecule has 1 saturated carbocycles. The molecule has 0 spiro atoms. The van der Waals surface area contributed by atoms with Gasteiger partial charge in [-0.15, -0.1) is 0 Å². The zero-order valence-corrected chi connectivity index (χ0v) is 18.3. The maximum Gasteiger partial charge on any atom is 0.209 e. The number of rotatable bonds is 10. The lowest BCUT2D eigenvalue weighted by atomic mass is 10.1. The second kappa shape index (κ2) is 9.48. The SMILES string of the molecule is Cc1cc(CNCc2cn(C3CC3)c3cc(OCCN(C)C=O)c(F)cc3c2=O)ccn1. The highest BCUT2D eigenvalue weighted by Crippen LogP contribution is 2.38. The number of carbonyl (C=O) groups excluding carboxylic acids is 1. The minimum atomic E-state index is -0.580. The molecule has 7 nitrogen and oxygen atoms in total. The Bertz CT molecular complexity index is 1190. The van der Waals surface area contributed by atoms with Crippen molar-refractivity contribution in [2.45, 2.75) is 38.9 Å². The van der Waals surface area contributed by atoms with Gasteiger partial charge in [-0.3, -0.25) is 14.6 Å². The average molecular weight is 439 g/mol. The Kier molecular flexibility index (Phi) is 6.50. The van der Waals surface area contributed by atoms with Crippen LogP contribution in [0.5, 0.6) is 5.75 Å². The maximum absolute atomic E-state index is 14.7. The number of benzene rings is 1. The lowest BCUT2D eigenvalue weighted by Gasteiger charge is -2.16. The summed E-state index contributed by atoms with van der Waals surface area (Å²) in [6.07, 6.45) is 6.39. The molecule has 1 aliphatic rings. The Morgan fingerprint density at radius 1 is 1.31 bits per heavy atom. The van der Waals surface area contributed by atoms with Gasteiger partial charge in [0.2, 0.25) is 6.41 Å². The number of nitrogens with zero attached hydrogens (tertiary/aromatic N) is 3. The largest absolute Gasteiger partial charge is 0.489 e. The summed E-state index contributed by atoms with van der Waals surface area (Å²) < 4.78 is 22.3. The number of likely N-dealkylation sites (N-methyl/N-ethyl adjacent to an activating group) is 1. The molecule has 0 unspecified atom stereocenters. The van der Waals surface area contributed by atoms with E-state index in [2.05, 4.69) is 14.9 Å². The topological polar surface area (TPSA) is 76.5 Å². The van der Waals surface area contributed by atoms with Crippen molar-refractivity contribution in [2.75, 3.05) is 20.2 Å². The predicted molar refractivity (Wildman–Crippen MR) is 120 cm³/mol. The minimum Gasteiger partial charge on any atom is -0.489 e. The van der Waals surface area contributed by atoms with E-state index in [0.717, 1.165) is 24.1 Å². The molecule has 0 radical (unpaired) electrons. The molecule has 1 aliphatic carbocycles. The molecule has 2 aromatic heterocycles. The number of pyridine rings is 2. The second-order valence-corrected chi connectivity index (χ2v) is 8.27. The summed E-state index contributed by atoms with van der Waals surface area (Å²) in [5.74, 6) is -0.493. The molecule has 1 aromatic carbocycles. The first-order valence-corrected chi connectivity index (χ1v) is 10.7. The summed E-state index contributed by atoms with van der Waals surface area (Å²) in [5.41, 5.74) is 3.13. The zero-order valence-electron chi connectivity index (χ0n) is 18.3. The van der Waals surface area contributed by atoms with Gasteiger partial charge in [0.1, 0.15) is 6.61 Å². The summed E-state index contributed by atoms with van der Waals surface area (Å²) in [6, 6.07) is 7.11. The third kappa shape index (κ3) is 4.96. The Morgan fingerprint density at radius 3 is 2.84 bits per heavy atom. The first-order valence-electron chi connectivity index (χ1n) is 10.7. The molecule has 0 saturated heterocycles. The molecule has 2 heterocycles. The highest BCUT2D eigenvalue weighted by molar-refractivity contribution is 5.81. The maximum atomic E-state index is 14.7. The Hall–Kier alpha value is -3.26. The third-order valence-corrected chi connectivity index (χ3v) is 5.59. The normalized spacial score (nSPS) is 13.3. The van der Waals surface area contributed by atoms with Crippen molar-refractivity contribution in [3.8, 4) is 5.75 Å². The number of amides is 1. The number of nitrogens with one attached hydrogen (secondary N) is 1. The number of hydrogen-bond acceptors (Lipinski definition) is 5. The summed E-state index contributed by atoms with van der Waals surface area (Å²) in [6.45, 7) is 3.45. The fraction of sp³-hybridized carbons (Fsp3) is 0.375. The average Bonchev–Trinajstić information content (AvgIpc) is 3.61. The van der Waals surface area contributed by atoms with Crippen LogP contribution in [0.2, 0.25) is 0 Å². The van der Waals surface area contributed by atoms with Gasteiger partial charge < -0.3 is 19.5 Å². The number of aromatic nitrogens is 2. The van der Waals surface area contributed by atoms with Crippen molar-refractivity contribution >= 4 is 17.3 Å². The molecule has 32 heavy (non-hydrogen) atoms. The van der Waals surface area contributed by atoms with E-state index < -0.39 is 5.82 Å². The number of hydrogen-bond donors (Lipinski definition) is 1. The van der Waals surface area contributed by atoms with E-state index in [1.54, 1.807) is 19.3 Å². The van der Waals surface area contributed by atoms with Crippen molar-refractivity contribution in [1.82, 2.24) is 19.8 Å². The quantitative estimate of drug-likeness (QED) is 0.493. The molecule has 4 rings (SSSR count). The van der Waals surface area contributed by atoms with E-state index in [4.69, 9.17) is 4.74 Å². The van der Waals surface area contributed by atoms with Crippen LogP contribution in [-0.2, 0) is 17.9 Å². The molecule has 0 aliphatic heterocycles. The number of halogens is 1. The van der Waals surface area contributed by atoms with Gasteiger partial charge in [-0.25, -0.2) is 4.39 Å². The van der Waals surface area contributed by atoms with Gasteiger partial charge in [-0.2, -0.15) is 0 Å². The highest BCUT2D eigenvalue weighted by Gasteiger charge is 2.26. The van der Waals surface area contributed by atoms with Crippen LogP contribution in [0.4, 0.5) is 4.39 Å². The summed E-state index contributed by atoms with van der Waals surface area (Å²) in [7, 11) is 1.63. The van der Waals surface area contributed by atoms with Crippen molar-refractivity contribution < 1.29 is 13.9 Å². The second-order valence-electron chi connectivity index (χ2n) is 8.27. The molecule has 1 N–H and O–H groups in total. The van der Waals surface area contributed by atoms with Gasteiger partial charge in [0.05, 0.1) is 12.1 Å². The van der Waals surface area contributed by atoms with Gasteiger partial charge in [-0.05, 0) is 43.5 Å². The van der Waals surface area contributed by atoms with E-state index in [0.29, 0.717) is 48.6 Å². The number of ether oxygens (including phenoxy) is 1. The van der Waals surface area contributed by atoms with Crippen molar-refractivity contribution in [1.29, 1.82) is 0 Å². The van der Waals surface area contributed by atoms with Crippen LogP contribution in [-0.4, -0.2) is 41.1 Å². The molecular formula is C24H27FN4O3. The van der Waals surface area contributed by atoms with Crippen molar-refractivity contribution in [3.05, 3.63) is 69.5 Å². The van der Waals surface area contributed by atoms with Gasteiger partial charge >= 0.3 is 0 Å². The third-order valence-electron chi connectivity index (χ3n) is 5.59. The minimum absolute atomic E-state index is 0.0875. The first kappa shape index (κ1) is 22.0. The Labute approximate surface area is 185 Å². The predicted octanol–water partition coefficient (Wildman–Crippen LogP) is 2.94. The highest BCUT2D eigenvalue weighted by atomic mass is 19.1. The van der Waals surface area contributed by atoms with E-state index in [9.17, 15) is 14.0 Å². The summed E-state index contributed by atoms with van der Waals surface area (Å²) in [4.78, 5) is 29.4. The van der Waals surface area contributed by atoms with Crippen LogP contribution >= 0.6 is 0 Å². The fourth-order valence-corrected chi connectivity index (χ4v) is 3.71. The van der Waals surface area contributed by atoms with Crippen molar-refractivity contribution in [2.24, 2.45) is 0 Å². The van der Waals surface area contributed by atoms with Gasteiger partial charge in [0, 0.05) is 61.3 Å². The molecule has 1 fully saturated rings. The standard InChI is InChI=1S/C24H27FN4O3/c1-16-9-17(5-6-27-16)12-26-13-18-14-29(19-3-4-19)22-11-23(32-8-7-28(2)15-30)21(25)10-20(22)24(18)31/h5-6,9-11,14-15,19,26H,3-4,7-8,12-13H2,1-2H3. The van der Waals surface area contributed by atoms with Gasteiger partial charge in [0.15, 0.2) is 17.0 Å². The fourth-order valence-electron chi connectivity index (χ4n) is 3.71.